The van der Waals surface area contributed by atoms with E-state index >= 15 is 0 Å². The van der Waals surface area contributed by atoms with Gasteiger partial charge in [-0.3, -0.25) is 9.59 Å². The third-order valence-corrected chi connectivity index (χ3v) is 4.79. The fourth-order valence-electron chi connectivity index (χ4n) is 2.82. The summed E-state index contributed by atoms with van der Waals surface area (Å²) in [5.41, 5.74) is -0.823. The Balaban J connectivity index is 2.24. The third-order valence-electron chi connectivity index (χ3n) is 4.79. The number of carbonyl (C=O) groups excluding carboxylic acids is 1. The van der Waals surface area contributed by atoms with E-state index in [4.69, 9.17) is 4.74 Å². The van der Waals surface area contributed by atoms with E-state index in [2.05, 4.69) is 5.32 Å². The maximum Gasteiger partial charge on any atom is 0.311 e. The van der Waals surface area contributed by atoms with Crippen LogP contribution in [0, 0.1) is 11.3 Å². The SMILES string of the molecule is CCC(CC)(CNC(=O)CCCC1CCOCC1)C(=O)O. The number of carboxylic acids is 1. The Kier molecular flexibility index (Phi) is 7.72. The average Bonchev–Trinajstić information content (AvgIpc) is 2.49. The van der Waals surface area contributed by atoms with Crippen LogP contribution in [0.15, 0.2) is 0 Å². The van der Waals surface area contributed by atoms with Crippen LogP contribution < -0.4 is 5.32 Å². The summed E-state index contributed by atoms with van der Waals surface area (Å²) in [5.74, 6) is -0.180. The molecule has 0 unspecified atom stereocenters. The van der Waals surface area contributed by atoms with Crippen LogP contribution >= 0.6 is 0 Å². The van der Waals surface area contributed by atoms with Crippen LogP contribution in [0.4, 0.5) is 0 Å². The molecule has 21 heavy (non-hydrogen) atoms. The molecule has 1 fully saturated rings. The molecule has 0 atom stereocenters. The van der Waals surface area contributed by atoms with Crippen molar-refractivity contribution >= 4 is 11.9 Å². The normalized spacial score (nSPS) is 16.7. The summed E-state index contributed by atoms with van der Waals surface area (Å²) in [6.07, 6.45) is 5.66. The highest BCUT2D eigenvalue weighted by Crippen LogP contribution is 2.26. The Morgan fingerprint density at radius 1 is 1.24 bits per heavy atom. The van der Waals surface area contributed by atoms with Gasteiger partial charge in [-0.2, -0.15) is 0 Å². The van der Waals surface area contributed by atoms with Crippen LogP contribution in [0.2, 0.25) is 0 Å². The number of aliphatic carboxylic acids is 1. The Labute approximate surface area is 127 Å². The molecule has 0 aromatic carbocycles. The number of carbonyl (C=O) groups is 2. The molecule has 1 saturated heterocycles. The maximum atomic E-state index is 11.9. The summed E-state index contributed by atoms with van der Waals surface area (Å²) in [5, 5.41) is 12.1. The summed E-state index contributed by atoms with van der Waals surface area (Å²) in [4.78, 5) is 23.2. The first kappa shape index (κ1) is 18.0. The summed E-state index contributed by atoms with van der Waals surface area (Å²) in [7, 11) is 0. The second-order valence-corrected chi connectivity index (χ2v) is 6.02. The van der Waals surface area contributed by atoms with Crippen molar-refractivity contribution in [2.75, 3.05) is 19.8 Å². The van der Waals surface area contributed by atoms with Crippen molar-refractivity contribution in [2.24, 2.45) is 11.3 Å². The maximum absolute atomic E-state index is 11.9. The zero-order chi connectivity index (χ0) is 15.7. The van der Waals surface area contributed by atoms with Crippen molar-refractivity contribution in [3.05, 3.63) is 0 Å². The number of hydrogen-bond acceptors (Lipinski definition) is 3. The monoisotopic (exact) mass is 299 g/mol. The molecule has 0 bridgehead atoms. The van der Waals surface area contributed by atoms with Crippen LogP contribution in [0.5, 0.6) is 0 Å². The minimum absolute atomic E-state index is 0.0328. The molecule has 0 aliphatic carbocycles. The van der Waals surface area contributed by atoms with E-state index in [1.807, 2.05) is 13.8 Å². The second-order valence-electron chi connectivity index (χ2n) is 6.02. The molecule has 0 spiro atoms. The van der Waals surface area contributed by atoms with Crippen molar-refractivity contribution in [3.8, 4) is 0 Å². The highest BCUT2D eigenvalue weighted by molar-refractivity contribution is 5.79. The molecular weight excluding hydrogens is 270 g/mol. The molecule has 122 valence electrons. The van der Waals surface area contributed by atoms with Gasteiger partial charge in [0.2, 0.25) is 5.91 Å². The fourth-order valence-corrected chi connectivity index (χ4v) is 2.82. The summed E-state index contributed by atoms with van der Waals surface area (Å²) in [6, 6.07) is 0. The Hall–Kier alpha value is -1.10. The number of hydrogen-bond donors (Lipinski definition) is 2. The van der Waals surface area contributed by atoms with E-state index in [0.717, 1.165) is 38.9 Å². The first-order valence-corrected chi connectivity index (χ1v) is 8.12. The predicted octanol–water partition coefficient (Wildman–Crippen LogP) is 2.59. The number of rotatable bonds is 9. The van der Waals surface area contributed by atoms with Gasteiger partial charge in [-0.05, 0) is 44.4 Å². The summed E-state index contributed by atoms with van der Waals surface area (Å²) >= 11 is 0. The number of nitrogens with one attached hydrogen (secondary N) is 1. The predicted molar refractivity (Wildman–Crippen MR) is 81.1 cm³/mol. The van der Waals surface area contributed by atoms with Crippen LogP contribution in [-0.2, 0) is 14.3 Å². The van der Waals surface area contributed by atoms with Crippen LogP contribution in [0.1, 0.15) is 58.8 Å². The molecule has 0 aromatic rings. The topological polar surface area (TPSA) is 75.6 Å². The van der Waals surface area contributed by atoms with E-state index < -0.39 is 11.4 Å². The van der Waals surface area contributed by atoms with Crippen LogP contribution in [-0.4, -0.2) is 36.7 Å². The third kappa shape index (κ3) is 5.65. The van der Waals surface area contributed by atoms with Crippen molar-refractivity contribution in [1.29, 1.82) is 0 Å². The lowest BCUT2D eigenvalue weighted by atomic mass is 9.82. The Bertz CT molecular complexity index is 333. The van der Waals surface area contributed by atoms with Gasteiger partial charge in [0.1, 0.15) is 0 Å². The van der Waals surface area contributed by atoms with Gasteiger partial charge >= 0.3 is 5.97 Å². The van der Waals surface area contributed by atoms with Gasteiger partial charge < -0.3 is 15.2 Å². The molecule has 1 amide bonds. The smallest absolute Gasteiger partial charge is 0.311 e. The van der Waals surface area contributed by atoms with Crippen LogP contribution in [0.3, 0.4) is 0 Å². The number of amides is 1. The first-order chi connectivity index (χ1) is 10.0. The van der Waals surface area contributed by atoms with Gasteiger partial charge in [-0.15, -0.1) is 0 Å². The van der Waals surface area contributed by atoms with Gasteiger partial charge in [-0.25, -0.2) is 0 Å². The summed E-state index contributed by atoms with van der Waals surface area (Å²) in [6.45, 7) is 5.62. The fraction of sp³-hybridized carbons (Fsp3) is 0.875. The van der Waals surface area contributed by atoms with E-state index in [0.29, 0.717) is 25.2 Å². The van der Waals surface area contributed by atoms with Gasteiger partial charge in [0, 0.05) is 26.2 Å². The molecule has 2 N–H and O–H groups in total. The lowest BCUT2D eigenvalue weighted by Gasteiger charge is -2.27. The van der Waals surface area contributed by atoms with Gasteiger partial charge in [0.25, 0.3) is 0 Å². The molecule has 1 heterocycles. The van der Waals surface area contributed by atoms with E-state index in [-0.39, 0.29) is 12.5 Å². The lowest BCUT2D eigenvalue weighted by molar-refractivity contribution is -0.149. The minimum Gasteiger partial charge on any atom is -0.481 e. The van der Waals surface area contributed by atoms with E-state index in [9.17, 15) is 14.7 Å². The molecule has 1 rings (SSSR count). The van der Waals surface area contributed by atoms with Gasteiger partial charge in [-0.1, -0.05) is 13.8 Å². The van der Waals surface area contributed by atoms with Crippen molar-refractivity contribution in [3.63, 3.8) is 0 Å². The van der Waals surface area contributed by atoms with Gasteiger partial charge in [0.05, 0.1) is 5.41 Å². The van der Waals surface area contributed by atoms with Crippen molar-refractivity contribution < 1.29 is 19.4 Å². The van der Waals surface area contributed by atoms with Gasteiger partial charge in [0.15, 0.2) is 0 Å². The van der Waals surface area contributed by atoms with Crippen molar-refractivity contribution in [2.45, 2.75) is 58.8 Å². The second kappa shape index (κ2) is 9.03. The average molecular weight is 299 g/mol. The quantitative estimate of drug-likeness (QED) is 0.686. The Morgan fingerprint density at radius 3 is 2.38 bits per heavy atom. The molecule has 1 aliphatic rings. The zero-order valence-electron chi connectivity index (χ0n) is 13.3. The molecule has 0 aromatic heterocycles. The molecular formula is C16H29NO4. The molecule has 1 aliphatic heterocycles. The largest absolute Gasteiger partial charge is 0.481 e. The number of ether oxygens (including phenoxy) is 1. The molecule has 0 radical (unpaired) electrons. The standard InChI is InChI=1S/C16H29NO4/c1-3-16(4-2,15(19)20)12-17-14(18)7-5-6-13-8-10-21-11-9-13/h13H,3-12H2,1-2H3,(H,17,18)(H,19,20). The lowest BCUT2D eigenvalue weighted by Crippen LogP contribution is -2.42. The highest BCUT2D eigenvalue weighted by atomic mass is 16.5. The van der Waals surface area contributed by atoms with E-state index in [1.54, 1.807) is 0 Å². The highest BCUT2D eigenvalue weighted by Gasteiger charge is 2.34. The van der Waals surface area contributed by atoms with Crippen molar-refractivity contribution in [1.82, 2.24) is 5.32 Å². The van der Waals surface area contributed by atoms with E-state index in [1.165, 1.54) is 0 Å². The van der Waals surface area contributed by atoms with Crippen LogP contribution in [0.25, 0.3) is 0 Å². The molecule has 0 saturated carbocycles. The molecule has 5 nitrogen and oxygen atoms in total. The summed E-state index contributed by atoms with van der Waals surface area (Å²) < 4.78 is 5.32. The first-order valence-electron chi connectivity index (χ1n) is 8.12. The number of carboxylic acid groups (broad SMARTS) is 1. The Morgan fingerprint density at radius 2 is 1.86 bits per heavy atom. The minimum atomic E-state index is -0.824. The molecule has 5 heteroatoms. The zero-order valence-corrected chi connectivity index (χ0v) is 13.3.